The Labute approximate surface area is 139 Å². The Hall–Kier alpha value is -1.75. The predicted octanol–water partition coefficient (Wildman–Crippen LogP) is 3.00. The lowest BCUT2D eigenvalue weighted by Gasteiger charge is -2.32. The van der Waals surface area contributed by atoms with Crippen LogP contribution in [0.4, 0.5) is 11.4 Å². The third-order valence-electron chi connectivity index (χ3n) is 4.05. The topological polar surface area (TPSA) is 3.24 Å². The molecule has 100 valence electrons. The fourth-order valence-corrected chi connectivity index (χ4v) is 4.00. The van der Waals surface area contributed by atoms with Gasteiger partial charge in [-0.25, -0.2) is 0 Å². The summed E-state index contributed by atoms with van der Waals surface area (Å²) in [6.07, 6.45) is 0. The molecular weight excluding hydrogens is 368 g/mol. The van der Waals surface area contributed by atoms with Crippen molar-refractivity contribution in [2.45, 2.75) is 0 Å². The average molecular weight is 381 g/mol. The Morgan fingerprint density at radius 2 is 1.10 bits per heavy atom. The van der Waals surface area contributed by atoms with E-state index >= 15 is 0 Å². The van der Waals surface area contributed by atoms with Gasteiger partial charge in [-0.3, -0.25) is 3.11 Å². The molecule has 3 heteroatoms. The third kappa shape index (κ3) is 2.07. The van der Waals surface area contributed by atoms with Gasteiger partial charge in [0.05, 0.1) is 22.9 Å². The zero-order chi connectivity index (χ0) is 14.2. The standard InChI is InChI=1S/C18H13BIN/c20-21-17-12-6-4-10-15(17)19(14-8-2-1-3-9-14)16-11-5-7-13-18(16)21/h1-13H. The Morgan fingerprint density at radius 3 is 1.67 bits per heavy atom. The van der Waals surface area contributed by atoms with Crippen molar-refractivity contribution in [1.82, 2.24) is 0 Å². The van der Waals surface area contributed by atoms with Gasteiger partial charge in [0.25, 0.3) is 0 Å². The van der Waals surface area contributed by atoms with E-state index in [4.69, 9.17) is 0 Å². The maximum atomic E-state index is 2.40. The zero-order valence-corrected chi connectivity index (χ0v) is 13.6. The molecule has 0 saturated heterocycles. The molecule has 1 nitrogen and oxygen atoms in total. The van der Waals surface area contributed by atoms with Crippen LogP contribution < -0.4 is 19.5 Å². The lowest BCUT2D eigenvalue weighted by Crippen LogP contribution is -2.56. The van der Waals surface area contributed by atoms with Gasteiger partial charge < -0.3 is 0 Å². The molecule has 0 saturated carbocycles. The van der Waals surface area contributed by atoms with Gasteiger partial charge in [-0.15, -0.1) is 0 Å². The van der Waals surface area contributed by atoms with Crippen LogP contribution in [0.2, 0.25) is 0 Å². The highest BCUT2D eigenvalue weighted by Crippen LogP contribution is 2.30. The van der Waals surface area contributed by atoms with Crippen LogP contribution in [0.25, 0.3) is 0 Å². The number of benzene rings is 3. The van der Waals surface area contributed by atoms with Crippen molar-refractivity contribution in [3.05, 3.63) is 78.9 Å². The summed E-state index contributed by atoms with van der Waals surface area (Å²) in [6.45, 7) is 0.310. The smallest absolute Gasteiger partial charge is 0.246 e. The van der Waals surface area contributed by atoms with Gasteiger partial charge in [-0.05, 0) is 23.1 Å². The van der Waals surface area contributed by atoms with Crippen molar-refractivity contribution >= 4 is 57.3 Å². The van der Waals surface area contributed by atoms with E-state index in [-0.39, 0.29) is 0 Å². The van der Waals surface area contributed by atoms with Crippen molar-refractivity contribution in [2.75, 3.05) is 3.11 Å². The summed E-state index contributed by atoms with van der Waals surface area (Å²) in [4.78, 5) is 0. The summed E-state index contributed by atoms with van der Waals surface area (Å²) >= 11 is 2.40. The fourth-order valence-electron chi connectivity index (χ4n) is 3.12. The minimum atomic E-state index is 0.310. The summed E-state index contributed by atoms with van der Waals surface area (Å²) in [5.74, 6) is 0. The lowest BCUT2D eigenvalue weighted by molar-refractivity contribution is 1.49. The van der Waals surface area contributed by atoms with Gasteiger partial charge in [-0.1, -0.05) is 72.2 Å². The van der Waals surface area contributed by atoms with E-state index in [1.807, 2.05) is 0 Å². The Bertz CT molecular complexity index is 740. The molecular formula is C18H13BIN. The Kier molecular flexibility index (Phi) is 3.22. The second-order valence-electron chi connectivity index (χ2n) is 5.24. The summed E-state index contributed by atoms with van der Waals surface area (Å²) in [5, 5.41) is 0. The van der Waals surface area contributed by atoms with E-state index in [0.29, 0.717) is 6.71 Å². The molecule has 0 aliphatic carbocycles. The SMILES string of the molecule is IN1c2ccccc2B(c2ccccc2)c2ccccc21. The van der Waals surface area contributed by atoms with Crippen LogP contribution in [0, 0.1) is 0 Å². The zero-order valence-electron chi connectivity index (χ0n) is 11.4. The van der Waals surface area contributed by atoms with Crippen LogP contribution >= 0.6 is 22.9 Å². The van der Waals surface area contributed by atoms with Crippen LogP contribution in [0.15, 0.2) is 78.9 Å². The highest BCUT2D eigenvalue weighted by atomic mass is 127. The molecule has 21 heavy (non-hydrogen) atoms. The fraction of sp³-hybridized carbons (Fsp3) is 0. The van der Waals surface area contributed by atoms with Gasteiger partial charge in [0.15, 0.2) is 0 Å². The monoisotopic (exact) mass is 381 g/mol. The number of hydrogen-bond acceptors (Lipinski definition) is 1. The van der Waals surface area contributed by atoms with Gasteiger partial charge in [0.1, 0.15) is 0 Å². The summed E-state index contributed by atoms with van der Waals surface area (Å²) < 4.78 is 2.27. The summed E-state index contributed by atoms with van der Waals surface area (Å²) in [6, 6.07) is 28.1. The molecule has 0 bridgehead atoms. The lowest BCUT2D eigenvalue weighted by atomic mass is 9.35. The van der Waals surface area contributed by atoms with Crippen molar-refractivity contribution < 1.29 is 0 Å². The van der Waals surface area contributed by atoms with Crippen LogP contribution in [0.5, 0.6) is 0 Å². The average Bonchev–Trinajstić information content (AvgIpc) is 2.56. The molecule has 0 atom stereocenters. The Balaban J connectivity index is 2.01. The molecule has 0 unspecified atom stereocenters. The molecule has 0 spiro atoms. The largest absolute Gasteiger partial charge is 0.284 e. The van der Waals surface area contributed by atoms with Crippen LogP contribution in [0.1, 0.15) is 0 Å². The second-order valence-corrected chi connectivity index (χ2v) is 6.21. The predicted molar refractivity (Wildman–Crippen MR) is 100 cm³/mol. The number of para-hydroxylation sites is 2. The van der Waals surface area contributed by atoms with E-state index < -0.39 is 0 Å². The number of nitrogens with zero attached hydrogens (tertiary/aromatic N) is 1. The van der Waals surface area contributed by atoms with Gasteiger partial charge in [-0.2, -0.15) is 0 Å². The van der Waals surface area contributed by atoms with E-state index in [0.717, 1.165) is 0 Å². The van der Waals surface area contributed by atoms with E-state index in [1.165, 1.54) is 27.8 Å². The third-order valence-corrected chi connectivity index (χ3v) is 5.09. The molecule has 4 rings (SSSR count). The molecule has 1 aliphatic heterocycles. The Morgan fingerprint density at radius 1 is 0.619 bits per heavy atom. The maximum Gasteiger partial charge on any atom is 0.246 e. The van der Waals surface area contributed by atoms with Crippen molar-refractivity contribution in [3.63, 3.8) is 0 Å². The maximum absolute atomic E-state index is 2.40. The van der Waals surface area contributed by atoms with Crippen molar-refractivity contribution in [2.24, 2.45) is 0 Å². The number of rotatable bonds is 1. The number of anilines is 2. The molecule has 3 aromatic carbocycles. The van der Waals surface area contributed by atoms with Gasteiger partial charge >= 0.3 is 0 Å². The van der Waals surface area contributed by atoms with Gasteiger partial charge in [0.2, 0.25) is 6.71 Å². The highest BCUT2D eigenvalue weighted by Gasteiger charge is 2.32. The number of halogens is 1. The molecule has 0 fully saturated rings. The van der Waals surface area contributed by atoms with Crippen molar-refractivity contribution in [1.29, 1.82) is 0 Å². The summed E-state index contributed by atoms with van der Waals surface area (Å²) in [5.41, 5.74) is 6.66. The first-order chi connectivity index (χ1) is 10.4. The molecule has 0 aromatic heterocycles. The quantitative estimate of drug-likeness (QED) is 0.356. The summed E-state index contributed by atoms with van der Waals surface area (Å²) in [7, 11) is 0. The minimum Gasteiger partial charge on any atom is -0.284 e. The first-order valence-electron chi connectivity index (χ1n) is 7.05. The van der Waals surface area contributed by atoms with Crippen LogP contribution in [-0.2, 0) is 0 Å². The highest BCUT2D eigenvalue weighted by molar-refractivity contribution is 14.1. The molecule has 0 N–H and O–H groups in total. The normalized spacial score (nSPS) is 12.8. The molecule has 0 radical (unpaired) electrons. The molecule has 1 aliphatic rings. The molecule has 3 aromatic rings. The first kappa shape index (κ1) is 13.0. The first-order valence-corrected chi connectivity index (χ1v) is 8.01. The number of hydrogen-bond donors (Lipinski definition) is 0. The van der Waals surface area contributed by atoms with Crippen molar-refractivity contribution in [3.8, 4) is 0 Å². The number of fused-ring (bicyclic) bond motifs is 2. The molecule has 1 heterocycles. The van der Waals surface area contributed by atoms with Crippen LogP contribution in [-0.4, -0.2) is 6.71 Å². The van der Waals surface area contributed by atoms with E-state index in [2.05, 4.69) is 105 Å². The van der Waals surface area contributed by atoms with Gasteiger partial charge in [0, 0.05) is 11.4 Å². The van der Waals surface area contributed by atoms with E-state index in [1.54, 1.807) is 0 Å². The molecule has 0 amide bonds. The minimum absolute atomic E-state index is 0.310. The van der Waals surface area contributed by atoms with E-state index in [9.17, 15) is 0 Å². The van der Waals surface area contributed by atoms with Crippen LogP contribution in [0.3, 0.4) is 0 Å². The second kappa shape index (κ2) is 5.22.